The summed E-state index contributed by atoms with van der Waals surface area (Å²) < 4.78 is 27.7. The van der Waals surface area contributed by atoms with Crippen LogP contribution in [0.1, 0.15) is 16.1 Å². The lowest BCUT2D eigenvalue weighted by Gasteiger charge is -2.31. The van der Waals surface area contributed by atoms with Crippen molar-refractivity contribution in [2.24, 2.45) is 0 Å². The summed E-state index contributed by atoms with van der Waals surface area (Å²) >= 11 is 5.89. The number of nitrogens with two attached hydrogens (primary N) is 1. The zero-order valence-electron chi connectivity index (χ0n) is 18.1. The zero-order valence-corrected chi connectivity index (χ0v) is 19.7. The molecule has 10 heteroatoms. The molecule has 2 aromatic carbocycles. The third-order valence-corrected chi connectivity index (χ3v) is 7.75. The van der Waals surface area contributed by atoms with Crippen molar-refractivity contribution < 1.29 is 13.2 Å². The molecule has 1 aliphatic rings. The number of ketones is 1. The van der Waals surface area contributed by atoms with E-state index in [2.05, 4.69) is 14.9 Å². The Balaban J connectivity index is 1.60. The predicted molar refractivity (Wildman–Crippen MR) is 128 cm³/mol. The molecule has 0 spiro atoms. The number of anilines is 1. The van der Waals surface area contributed by atoms with Gasteiger partial charge in [0.25, 0.3) is 0 Å². The van der Waals surface area contributed by atoms with Crippen molar-refractivity contribution in [3.8, 4) is 11.3 Å². The van der Waals surface area contributed by atoms with Gasteiger partial charge in [0.15, 0.2) is 5.78 Å². The van der Waals surface area contributed by atoms with Gasteiger partial charge in [-0.25, -0.2) is 18.4 Å². The lowest BCUT2D eigenvalue weighted by atomic mass is 10.1. The van der Waals surface area contributed by atoms with Gasteiger partial charge in [0.2, 0.25) is 10.0 Å². The van der Waals surface area contributed by atoms with Crippen LogP contribution in [-0.4, -0.2) is 66.6 Å². The Morgan fingerprint density at radius 1 is 1.09 bits per heavy atom. The van der Waals surface area contributed by atoms with Crippen molar-refractivity contribution in [3.05, 3.63) is 71.0 Å². The van der Waals surface area contributed by atoms with Gasteiger partial charge in [-0.1, -0.05) is 23.7 Å². The molecule has 1 saturated heterocycles. The van der Waals surface area contributed by atoms with Crippen molar-refractivity contribution in [1.29, 1.82) is 0 Å². The van der Waals surface area contributed by atoms with Gasteiger partial charge in [0.1, 0.15) is 5.82 Å². The van der Waals surface area contributed by atoms with Crippen LogP contribution in [0.25, 0.3) is 11.3 Å². The lowest BCUT2D eigenvalue weighted by Crippen LogP contribution is -2.47. The molecule has 2 heterocycles. The second kappa shape index (κ2) is 9.56. The quantitative estimate of drug-likeness (QED) is 0.534. The average Bonchev–Trinajstić information content (AvgIpc) is 2.81. The minimum absolute atomic E-state index is 0.0341. The van der Waals surface area contributed by atoms with E-state index in [9.17, 15) is 13.2 Å². The monoisotopic (exact) mass is 485 g/mol. The highest BCUT2D eigenvalue weighted by atomic mass is 35.5. The third-order valence-electron chi connectivity index (χ3n) is 5.60. The summed E-state index contributed by atoms with van der Waals surface area (Å²) in [4.78, 5) is 23.7. The van der Waals surface area contributed by atoms with Crippen LogP contribution >= 0.6 is 11.6 Å². The molecule has 0 atom stereocenters. The van der Waals surface area contributed by atoms with Crippen LogP contribution in [0.2, 0.25) is 5.02 Å². The molecule has 0 radical (unpaired) electrons. The van der Waals surface area contributed by atoms with Gasteiger partial charge in [0, 0.05) is 42.3 Å². The summed E-state index contributed by atoms with van der Waals surface area (Å²) in [7, 11) is -1.65. The van der Waals surface area contributed by atoms with Crippen molar-refractivity contribution in [2.45, 2.75) is 11.3 Å². The molecule has 4 rings (SSSR count). The molecular weight excluding hydrogens is 462 g/mol. The van der Waals surface area contributed by atoms with Crippen molar-refractivity contribution in [1.82, 2.24) is 19.2 Å². The first-order valence-corrected chi connectivity index (χ1v) is 12.2. The molecular formula is C23H24ClN5O3S. The van der Waals surface area contributed by atoms with Gasteiger partial charge in [-0.15, -0.1) is 0 Å². The van der Waals surface area contributed by atoms with E-state index < -0.39 is 10.0 Å². The standard InChI is InChI=1S/C23H24ClN5O3S/c1-28-9-11-29(12-10-28)33(31,32)19-4-2-3-17(13-19)21-15-26-23(25)20(27-21)14-22(30)16-5-7-18(24)8-6-16/h2-8,13,15H,9-12,14H2,1H3,(H2,25,26). The molecule has 1 fully saturated rings. The predicted octanol–water partition coefficient (Wildman–Crippen LogP) is 2.74. The van der Waals surface area contributed by atoms with Crippen LogP contribution in [0, 0.1) is 0 Å². The first kappa shape index (κ1) is 23.3. The molecule has 33 heavy (non-hydrogen) atoms. The van der Waals surface area contributed by atoms with Gasteiger partial charge in [-0.3, -0.25) is 4.79 Å². The molecule has 8 nitrogen and oxygen atoms in total. The van der Waals surface area contributed by atoms with E-state index in [4.69, 9.17) is 17.3 Å². The summed E-state index contributed by atoms with van der Waals surface area (Å²) in [6.45, 7) is 2.27. The van der Waals surface area contributed by atoms with Crippen LogP contribution in [0.4, 0.5) is 5.82 Å². The number of nitrogen functional groups attached to an aromatic ring is 1. The number of halogens is 1. The number of likely N-dealkylation sites (N-methyl/N-ethyl adjacent to an activating group) is 1. The Morgan fingerprint density at radius 3 is 2.48 bits per heavy atom. The molecule has 0 aliphatic carbocycles. The minimum Gasteiger partial charge on any atom is -0.382 e. The van der Waals surface area contributed by atoms with E-state index in [0.717, 1.165) is 0 Å². The fraction of sp³-hybridized carbons (Fsp3) is 0.261. The number of Topliss-reactive ketones (excluding diaryl/α,β-unsaturated/α-hetero) is 1. The normalized spacial score (nSPS) is 15.5. The molecule has 0 saturated carbocycles. The van der Waals surface area contributed by atoms with Gasteiger partial charge in [-0.2, -0.15) is 4.31 Å². The van der Waals surface area contributed by atoms with E-state index in [1.54, 1.807) is 48.5 Å². The highest BCUT2D eigenvalue weighted by molar-refractivity contribution is 7.89. The van der Waals surface area contributed by atoms with Crippen molar-refractivity contribution in [3.63, 3.8) is 0 Å². The van der Waals surface area contributed by atoms with Gasteiger partial charge < -0.3 is 10.6 Å². The van der Waals surface area contributed by atoms with E-state index in [1.165, 1.54) is 10.5 Å². The third kappa shape index (κ3) is 5.22. The lowest BCUT2D eigenvalue weighted by molar-refractivity contribution is 0.0992. The first-order valence-electron chi connectivity index (χ1n) is 10.4. The number of sulfonamides is 1. The van der Waals surface area contributed by atoms with Crippen molar-refractivity contribution in [2.75, 3.05) is 39.0 Å². The summed E-state index contributed by atoms with van der Waals surface area (Å²) in [5, 5.41) is 0.541. The molecule has 3 aromatic rings. The Morgan fingerprint density at radius 2 is 1.79 bits per heavy atom. The maximum Gasteiger partial charge on any atom is 0.243 e. The summed E-state index contributed by atoms with van der Waals surface area (Å²) in [5.41, 5.74) is 7.82. The molecule has 1 aliphatic heterocycles. The SMILES string of the molecule is CN1CCN(S(=O)(=O)c2cccc(-c3cnc(N)c(CC(=O)c4ccc(Cl)cc4)n3)c2)CC1. The number of benzene rings is 2. The summed E-state index contributed by atoms with van der Waals surface area (Å²) in [6.07, 6.45) is 1.45. The summed E-state index contributed by atoms with van der Waals surface area (Å²) in [5.74, 6) is -0.0153. The van der Waals surface area contributed by atoms with Crippen LogP contribution < -0.4 is 5.73 Å². The number of carbonyl (C=O) groups excluding carboxylic acids is 1. The number of aromatic nitrogens is 2. The van der Waals surface area contributed by atoms with Gasteiger partial charge in [0.05, 0.1) is 28.9 Å². The smallest absolute Gasteiger partial charge is 0.243 e. The molecule has 172 valence electrons. The molecule has 0 bridgehead atoms. The summed E-state index contributed by atoms with van der Waals surface area (Å²) in [6, 6.07) is 13.2. The number of nitrogens with zero attached hydrogens (tertiary/aromatic N) is 4. The first-order chi connectivity index (χ1) is 15.7. The Labute approximate surface area is 198 Å². The van der Waals surface area contributed by atoms with E-state index >= 15 is 0 Å². The number of carbonyl (C=O) groups is 1. The Kier molecular flexibility index (Phi) is 6.76. The topological polar surface area (TPSA) is 109 Å². The maximum atomic E-state index is 13.1. The van der Waals surface area contributed by atoms with E-state index in [-0.39, 0.29) is 22.9 Å². The largest absolute Gasteiger partial charge is 0.382 e. The highest BCUT2D eigenvalue weighted by Crippen LogP contribution is 2.25. The van der Waals surface area contributed by atoms with Crippen LogP contribution in [0.5, 0.6) is 0 Å². The minimum atomic E-state index is -3.62. The average molecular weight is 486 g/mol. The van der Waals surface area contributed by atoms with E-state index in [1.807, 2.05) is 7.05 Å². The number of hydrogen-bond donors (Lipinski definition) is 1. The van der Waals surface area contributed by atoms with E-state index in [0.29, 0.717) is 53.7 Å². The second-order valence-corrected chi connectivity index (χ2v) is 10.3. The molecule has 0 amide bonds. The van der Waals surface area contributed by atoms with Gasteiger partial charge in [-0.05, 0) is 43.4 Å². The molecule has 0 unspecified atom stereocenters. The number of rotatable bonds is 6. The fourth-order valence-electron chi connectivity index (χ4n) is 3.59. The highest BCUT2D eigenvalue weighted by Gasteiger charge is 2.27. The molecule has 1 aromatic heterocycles. The Bertz CT molecular complexity index is 1270. The fourth-order valence-corrected chi connectivity index (χ4v) is 5.18. The van der Waals surface area contributed by atoms with Crippen LogP contribution in [0.3, 0.4) is 0 Å². The van der Waals surface area contributed by atoms with Gasteiger partial charge >= 0.3 is 0 Å². The Hall–Kier alpha value is -2.85. The maximum absolute atomic E-state index is 13.1. The zero-order chi connectivity index (χ0) is 23.6. The number of hydrogen-bond acceptors (Lipinski definition) is 7. The van der Waals surface area contributed by atoms with Crippen LogP contribution in [0.15, 0.2) is 59.6 Å². The molecule has 2 N–H and O–H groups in total. The van der Waals surface area contributed by atoms with Crippen molar-refractivity contribution >= 4 is 33.2 Å². The second-order valence-electron chi connectivity index (χ2n) is 7.93. The van der Waals surface area contributed by atoms with Crippen LogP contribution in [-0.2, 0) is 16.4 Å². The number of piperazine rings is 1.